The van der Waals surface area contributed by atoms with E-state index in [-0.39, 0.29) is 0 Å². The van der Waals surface area contributed by atoms with E-state index in [1.165, 1.54) is 0 Å². The molecule has 3 heterocycles. The van der Waals surface area contributed by atoms with Crippen LogP contribution in [0.25, 0.3) is 10.8 Å². The Labute approximate surface area is 140 Å². The Morgan fingerprint density at radius 2 is 2.27 bits per heavy atom. The fraction of sp³-hybridized carbons (Fsp3) is 0.385. The monoisotopic (exact) mass is 353 g/mol. The van der Waals surface area contributed by atoms with E-state index < -0.39 is 0 Å². The maximum atomic E-state index is 5.26. The molecule has 0 spiro atoms. The number of aromatic nitrogens is 4. The number of hydrogen-bond donors (Lipinski definition) is 1. The molecule has 0 unspecified atom stereocenters. The number of rotatable bonds is 7. The molecule has 3 aromatic heterocycles. The quantitative estimate of drug-likeness (QED) is 0.643. The Balaban J connectivity index is 1.54. The standard InChI is InChI=1S/C13H15N5OS3/c1-8(2)6-14-12-16-17-13(22-12)21-7-10-15-11(19-18-10)9-4-3-5-20-9/h3-5,8H,6-7H2,1-2H3,(H,14,16). The van der Waals surface area contributed by atoms with Crippen molar-refractivity contribution in [2.24, 2.45) is 5.92 Å². The fourth-order valence-electron chi connectivity index (χ4n) is 1.57. The van der Waals surface area contributed by atoms with Crippen molar-refractivity contribution < 1.29 is 4.52 Å². The maximum absolute atomic E-state index is 5.26. The number of thioether (sulfide) groups is 1. The maximum Gasteiger partial charge on any atom is 0.268 e. The van der Waals surface area contributed by atoms with Gasteiger partial charge >= 0.3 is 0 Å². The molecule has 0 bridgehead atoms. The molecule has 0 aliphatic heterocycles. The van der Waals surface area contributed by atoms with Gasteiger partial charge in [-0.05, 0) is 17.4 Å². The molecule has 0 aromatic carbocycles. The molecule has 0 radical (unpaired) electrons. The molecule has 0 saturated carbocycles. The van der Waals surface area contributed by atoms with Crippen molar-refractivity contribution >= 4 is 39.6 Å². The smallest absolute Gasteiger partial charge is 0.268 e. The summed E-state index contributed by atoms with van der Waals surface area (Å²) in [6.45, 7) is 5.21. The summed E-state index contributed by atoms with van der Waals surface area (Å²) in [5, 5.41) is 18.4. The summed E-state index contributed by atoms with van der Waals surface area (Å²) >= 11 is 4.69. The third-order valence-corrected chi connectivity index (χ3v) is 5.46. The van der Waals surface area contributed by atoms with Crippen LogP contribution in [-0.4, -0.2) is 26.9 Å². The van der Waals surface area contributed by atoms with E-state index in [0.29, 0.717) is 23.4 Å². The predicted octanol–water partition coefficient (Wildman–Crippen LogP) is 4.01. The third kappa shape index (κ3) is 4.05. The van der Waals surface area contributed by atoms with Crippen molar-refractivity contribution in [1.29, 1.82) is 0 Å². The van der Waals surface area contributed by atoms with Gasteiger partial charge in [-0.25, -0.2) is 0 Å². The van der Waals surface area contributed by atoms with Gasteiger partial charge in [0.25, 0.3) is 5.89 Å². The van der Waals surface area contributed by atoms with Crippen LogP contribution in [0.4, 0.5) is 5.13 Å². The number of thiophene rings is 1. The van der Waals surface area contributed by atoms with E-state index in [1.54, 1.807) is 34.4 Å². The minimum atomic E-state index is 0.571. The van der Waals surface area contributed by atoms with Crippen LogP contribution >= 0.6 is 34.4 Å². The predicted molar refractivity (Wildman–Crippen MR) is 90.4 cm³/mol. The lowest BCUT2D eigenvalue weighted by Crippen LogP contribution is -2.07. The van der Waals surface area contributed by atoms with Crippen LogP contribution in [0.2, 0.25) is 0 Å². The van der Waals surface area contributed by atoms with Crippen molar-refractivity contribution in [3.63, 3.8) is 0 Å². The number of anilines is 1. The van der Waals surface area contributed by atoms with Crippen molar-refractivity contribution in [3.05, 3.63) is 23.3 Å². The minimum absolute atomic E-state index is 0.571. The summed E-state index contributed by atoms with van der Waals surface area (Å²) < 4.78 is 6.16. The van der Waals surface area contributed by atoms with Crippen molar-refractivity contribution in [2.45, 2.75) is 23.9 Å². The van der Waals surface area contributed by atoms with Gasteiger partial charge in [0.15, 0.2) is 10.2 Å². The van der Waals surface area contributed by atoms with E-state index in [0.717, 1.165) is 20.9 Å². The van der Waals surface area contributed by atoms with Gasteiger partial charge in [-0.2, -0.15) is 4.98 Å². The van der Waals surface area contributed by atoms with Crippen LogP contribution in [0, 0.1) is 5.92 Å². The van der Waals surface area contributed by atoms with E-state index in [2.05, 4.69) is 39.5 Å². The SMILES string of the molecule is CC(C)CNc1nnc(SCc2noc(-c3cccs3)n2)s1. The zero-order chi connectivity index (χ0) is 15.4. The highest BCUT2D eigenvalue weighted by Crippen LogP contribution is 2.29. The zero-order valence-corrected chi connectivity index (χ0v) is 14.6. The molecule has 0 fully saturated rings. The van der Waals surface area contributed by atoms with Crippen LogP contribution in [-0.2, 0) is 5.75 Å². The van der Waals surface area contributed by atoms with Crippen LogP contribution in [0.5, 0.6) is 0 Å². The van der Waals surface area contributed by atoms with Gasteiger partial charge in [-0.1, -0.05) is 48.2 Å². The summed E-state index contributed by atoms with van der Waals surface area (Å²) in [4.78, 5) is 5.37. The molecule has 9 heteroatoms. The van der Waals surface area contributed by atoms with E-state index >= 15 is 0 Å². The van der Waals surface area contributed by atoms with Crippen molar-refractivity contribution in [2.75, 3.05) is 11.9 Å². The lowest BCUT2D eigenvalue weighted by molar-refractivity contribution is 0.426. The zero-order valence-electron chi connectivity index (χ0n) is 12.1. The minimum Gasteiger partial charge on any atom is -0.360 e. The van der Waals surface area contributed by atoms with Gasteiger partial charge in [0.1, 0.15) is 0 Å². The Hall–Kier alpha value is -1.45. The summed E-state index contributed by atoms with van der Waals surface area (Å²) in [6, 6.07) is 3.93. The highest BCUT2D eigenvalue weighted by molar-refractivity contribution is 8.00. The third-order valence-electron chi connectivity index (χ3n) is 2.59. The molecule has 6 nitrogen and oxygen atoms in total. The number of nitrogens with zero attached hydrogens (tertiary/aromatic N) is 4. The molecule has 22 heavy (non-hydrogen) atoms. The molecule has 3 aromatic rings. The van der Waals surface area contributed by atoms with Gasteiger partial charge in [0, 0.05) is 6.54 Å². The van der Waals surface area contributed by atoms with Gasteiger partial charge < -0.3 is 9.84 Å². The highest BCUT2D eigenvalue weighted by atomic mass is 32.2. The Kier molecular flexibility index (Phi) is 5.06. The van der Waals surface area contributed by atoms with Gasteiger partial charge in [-0.3, -0.25) is 0 Å². The highest BCUT2D eigenvalue weighted by Gasteiger charge is 2.11. The van der Waals surface area contributed by atoms with E-state index in [4.69, 9.17) is 4.52 Å². The first-order chi connectivity index (χ1) is 10.7. The molecule has 1 N–H and O–H groups in total. The topological polar surface area (TPSA) is 76.7 Å². The van der Waals surface area contributed by atoms with Crippen LogP contribution in [0.3, 0.4) is 0 Å². The molecule has 0 aliphatic rings. The molecular formula is C13H15N5OS3. The molecular weight excluding hydrogens is 338 g/mol. The second-order valence-corrected chi connectivity index (χ2v) is 8.08. The first kappa shape index (κ1) is 15.4. The molecule has 0 saturated heterocycles. The Bertz CT molecular complexity index is 707. The normalized spacial score (nSPS) is 11.2. The van der Waals surface area contributed by atoms with Crippen LogP contribution < -0.4 is 5.32 Å². The summed E-state index contributed by atoms with van der Waals surface area (Å²) in [7, 11) is 0. The first-order valence-electron chi connectivity index (χ1n) is 6.77. The number of hydrogen-bond acceptors (Lipinski definition) is 9. The number of nitrogens with one attached hydrogen (secondary N) is 1. The average Bonchev–Trinajstić information content (AvgIpc) is 3.23. The second-order valence-electron chi connectivity index (χ2n) is 4.93. The van der Waals surface area contributed by atoms with E-state index in [1.807, 2.05) is 17.5 Å². The summed E-state index contributed by atoms with van der Waals surface area (Å²) in [6.07, 6.45) is 0. The molecule has 3 rings (SSSR count). The Morgan fingerprint density at radius 1 is 1.36 bits per heavy atom. The average molecular weight is 353 g/mol. The van der Waals surface area contributed by atoms with Gasteiger partial charge in [0.05, 0.1) is 10.6 Å². The van der Waals surface area contributed by atoms with Crippen LogP contribution in [0.15, 0.2) is 26.4 Å². The first-order valence-corrected chi connectivity index (χ1v) is 9.45. The molecule has 0 amide bonds. The van der Waals surface area contributed by atoms with Crippen LogP contribution in [0.1, 0.15) is 19.7 Å². The summed E-state index contributed by atoms with van der Waals surface area (Å²) in [5.41, 5.74) is 0. The van der Waals surface area contributed by atoms with E-state index in [9.17, 15) is 0 Å². The van der Waals surface area contributed by atoms with Crippen molar-refractivity contribution in [3.8, 4) is 10.8 Å². The Morgan fingerprint density at radius 3 is 3.05 bits per heavy atom. The largest absolute Gasteiger partial charge is 0.360 e. The fourth-order valence-corrected chi connectivity index (χ4v) is 3.82. The lowest BCUT2D eigenvalue weighted by atomic mass is 10.2. The lowest BCUT2D eigenvalue weighted by Gasteiger charge is -2.03. The summed E-state index contributed by atoms with van der Waals surface area (Å²) in [5.74, 6) is 2.44. The molecule has 0 atom stereocenters. The molecule has 0 aliphatic carbocycles. The van der Waals surface area contributed by atoms with Gasteiger partial charge in [0.2, 0.25) is 5.13 Å². The van der Waals surface area contributed by atoms with Crippen molar-refractivity contribution in [1.82, 2.24) is 20.3 Å². The second kappa shape index (κ2) is 7.21. The van der Waals surface area contributed by atoms with Gasteiger partial charge in [-0.15, -0.1) is 21.5 Å². The molecule has 116 valence electrons.